The van der Waals surface area contributed by atoms with Gasteiger partial charge in [-0.25, -0.2) is 4.31 Å². The summed E-state index contributed by atoms with van der Waals surface area (Å²) in [5.74, 6) is 0. The van der Waals surface area contributed by atoms with E-state index in [0.717, 1.165) is 13.0 Å². The molecule has 0 aromatic rings. The molecule has 0 aliphatic rings. The summed E-state index contributed by atoms with van der Waals surface area (Å²) in [5, 5.41) is 0. The monoisotopic (exact) mass is 175 g/mol. The average molecular weight is 175 g/mol. The molecule has 0 spiro atoms. The molecule has 2 heteroatoms. The zero-order chi connectivity index (χ0) is 8.91. The lowest BCUT2D eigenvalue weighted by atomic mass is 10.0. The van der Waals surface area contributed by atoms with Crippen molar-refractivity contribution in [3.8, 4) is 0 Å². The number of nitrogens with zero attached hydrogens (tertiary/aromatic N) is 1. The van der Waals surface area contributed by atoms with E-state index in [1.807, 2.05) is 0 Å². The van der Waals surface area contributed by atoms with Crippen molar-refractivity contribution < 1.29 is 0 Å². The van der Waals surface area contributed by atoms with E-state index < -0.39 is 0 Å². The van der Waals surface area contributed by atoms with Gasteiger partial charge < -0.3 is 0 Å². The molecule has 0 amide bonds. The third-order valence-electron chi connectivity index (χ3n) is 2.29. The second kappa shape index (κ2) is 5.04. The molecule has 0 aromatic carbocycles. The molecule has 0 saturated heterocycles. The van der Waals surface area contributed by atoms with Gasteiger partial charge in [-0.2, -0.15) is 0 Å². The molecule has 0 bridgehead atoms. The maximum Gasteiger partial charge on any atom is 0.0252 e. The fourth-order valence-corrected chi connectivity index (χ4v) is 1.08. The van der Waals surface area contributed by atoms with Gasteiger partial charge in [0, 0.05) is 12.1 Å². The van der Waals surface area contributed by atoms with Gasteiger partial charge in [-0.15, -0.1) is 0 Å². The van der Waals surface area contributed by atoms with Crippen molar-refractivity contribution >= 4 is 12.8 Å². The summed E-state index contributed by atoms with van der Waals surface area (Å²) in [4.78, 5) is 0. The fraction of sp³-hybridized carbons (Fsp3) is 1.00. The van der Waals surface area contributed by atoms with Crippen molar-refractivity contribution in [2.24, 2.45) is 0 Å². The smallest absolute Gasteiger partial charge is 0.0252 e. The van der Waals surface area contributed by atoms with Crippen LogP contribution >= 0.6 is 12.8 Å². The van der Waals surface area contributed by atoms with Gasteiger partial charge in [-0.1, -0.05) is 33.1 Å². The molecule has 1 nitrogen and oxygen atoms in total. The number of hydrogen-bond donors (Lipinski definition) is 1. The van der Waals surface area contributed by atoms with Crippen LogP contribution in [0.5, 0.6) is 0 Å². The van der Waals surface area contributed by atoms with Gasteiger partial charge in [0.05, 0.1) is 0 Å². The van der Waals surface area contributed by atoms with Crippen LogP contribution in [0.15, 0.2) is 0 Å². The molecular weight excluding hydrogens is 154 g/mol. The van der Waals surface area contributed by atoms with E-state index in [1.165, 1.54) is 12.8 Å². The van der Waals surface area contributed by atoms with E-state index in [0.29, 0.717) is 0 Å². The summed E-state index contributed by atoms with van der Waals surface area (Å²) in [6, 6.07) is 0. The highest BCUT2D eigenvalue weighted by atomic mass is 32.1. The van der Waals surface area contributed by atoms with Crippen molar-refractivity contribution in [2.75, 3.05) is 6.54 Å². The number of thiol groups is 1. The molecule has 0 heterocycles. The SMILES string of the molecule is CCCCN(S)C(C)(C)CC. The molecule has 0 unspecified atom stereocenters. The predicted octanol–water partition coefficient (Wildman–Crippen LogP) is 3.12. The summed E-state index contributed by atoms with van der Waals surface area (Å²) in [5.41, 5.74) is 0.248. The van der Waals surface area contributed by atoms with Gasteiger partial charge in [-0.05, 0) is 26.7 Å². The molecule has 0 fully saturated rings. The lowest BCUT2D eigenvalue weighted by molar-refractivity contribution is 0.241. The predicted molar refractivity (Wildman–Crippen MR) is 55.0 cm³/mol. The topological polar surface area (TPSA) is 3.24 Å². The van der Waals surface area contributed by atoms with Crippen LogP contribution < -0.4 is 0 Å². The number of rotatable bonds is 5. The minimum absolute atomic E-state index is 0.248. The third-order valence-corrected chi connectivity index (χ3v) is 3.03. The Morgan fingerprint density at radius 3 is 2.18 bits per heavy atom. The summed E-state index contributed by atoms with van der Waals surface area (Å²) < 4.78 is 2.15. The fourth-order valence-electron chi connectivity index (χ4n) is 0.793. The van der Waals surface area contributed by atoms with Gasteiger partial charge in [-0.3, -0.25) is 0 Å². The van der Waals surface area contributed by atoms with Crippen molar-refractivity contribution in [1.29, 1.82) is 0 Å². The Morgan fingerprint density at radius 2 is 1.82 bits per heavy atom. The van der Waals surface area contributed by atoms with Gasteiger partial charge in [0.1, 0.15) is 0 Å². The molecule has 0 radical (unpaired) electrons. The molecular formula is C9H21NS. The highest BCUT2D eigenvalue weighted by Gasteiger charge is 2.20. The Kier molecular flexibility index (Phi) is 5.19. The van der Waals surface area contributed by atoms with Gasteiger partial charge >= 0.3 is 0 Å². The molecule has 0 rings (SSSR count). The Morgan fingerprint density at radius 1 is 1.27 bits per heavy atom. The van der Waals surface area contributed by atoms with Crippen LogP contribution in [0.1, 0.15) is 47.0 Å². The Hall–Kier alpha value is 0.310. The van der Waals surface area contributed by atoms with Gasteiger partial charge in [0.2, 0.25) is 0 Å². The number of unbranched alkanes of at least 4 members (excludes halogenated alkanes) is 1. The summed E-state index contributed by atoms with van der Waals surface area (Å²) in [6.07, 6.45) is 3.64. The Bertz CT molecular complexity index is 102. The van der Waals surface area contributed by atoms with Crippen LogP contribution in [0.4, 0.5) is 0 Å². The lowest BCUT2D eigenvalue weighted by Gasteiger charge is -2.33. The van der Waals surface area contributed by atoms with Crippen molar-refractivity contribution in [1.82, 2.24) is 4.31 Å². The van der Waals surface area contributed by atoms with E-state index >= 15 is 0 Å². The zero-order valence-electron chi connectivity index (χ0n) is 8.22. The normalized spacial score (nSPS) is 12.5. The first kappa shape index (κ1) is 11.3. The molecule has 11 heavy (non-hydrogen) atoms. The van der Waals surface area contributed by atoms with E-state index in [1.54, 1.807) is 0 Å². The van der Waals surface area contributed by atoms with E-state index in [4.69, 9.17) is 0 Å². The summed E-state index contributed by atoms with van der Waals surface area (Å²) in [7, 11) is 0. The van der Waals surface area contributed by atoms with Crippen LogP contribution in [0.25, 0.3) is 0 Å². The van der Waals surface area contributed by atoms with Crippen LogP contribution in [-0.4, -0.2) is 16.4 Å². The van der Waals surface area contributed by atoms with Crippen molar-refractivity contribution in [2.45, 2.75) is 52.5 Å². The second-order valence-corrected chi connectivity index (χ2v) is 4.13. The Balaban J connectivity index is 3.71. The molecule has 0 N–H and O–H groups in total. The number of hydrogen-bond acceptors (Lipinski definition) is 2. The molecule has 0 aromatic heterocycles. The van der Waals surface area contributed by atoms with Crippen LogP contribution in [-0.2, 0) is 0 Å². The van der Waals surface area contributed by atoms with Crippen LogP contribution in [0.2, 0.25) is 0 Å². The minimum atomic E-state index is 0.248. The molecule has 0 saturated carbocycles. The quantitative estimate of drug-likeness (QED) is 0.628. The van der Waals surface area contributed by atoms with Gasteiger partial charge in [0.15, 0.2) is 0 Å². The maximum absolute atomic E-state index is 4.46. The summed E-state index contributed by atoms with van der Waals surface area (Å²) >= 11 is 4.46. The standard InChI is InChI=1S/C9H21NS/c1-5-7-8-10(11)9(3,4)6-2/h11H,5-8H2,1-4H3. The van der Waals surface area contributed by atoms with E-state index in [9.17, 15) is 0 Å². The van der Waals surface area contributed by atoms with E-state index in [-0.39, 0.29) is 5.54 Å². The molecule has 0 atom stereocenters. The summed E-state index contributed by atoms with van der Waals surface area (Å²) in [6.45, 7) is 9.97. The first-order valence-corrected chi connectivity index (χ1v) is 4.91. The first-order valence-electron chi connectivity index (χ1n) is 4.51. The highest BCUT2D eigenvalue weighted by Crippen LogP contribution is 2.20. The minimum Gasteiger partial charge on any atom is -0.248 e. The molecule has 0 aliphatic heterocycles. The third kappa shape index (κ3) is 4.02. The Labute approximate surface area is 76.7 Å². The van der Waals surface area contributed by atoms with Crippen LogP contribution in [0.3, 0.4) is 0 Å². The maximum atomic E-state index is 4.46. The zero-order valence-corrected chi connectivity index (χ0v) is 9.12. The largest absolute Gasteiger partial charge is 0.248 e. The highest BCUT2D eigenvalue weighted by molar-refractivity contribution is 7.77. The average Bonchev–Trinajstić information content (AvgIpc) is 2.00. The van der Waals surface area contributed by atoms with Crippen LogP contribution in [0, 0.1) is 0 Å². The second-order valence-electron chi connectivity index (χ2n) is 3.64. The molecule has 68 valence electrons. The first-order chi connectivity index (χ1) is 5.04. The van der Waals surface area contributed by atoms with Crippen molar-refractivity contribution in [3.63, 3.8) is 0 Å². The van der Waals surface area contributed by atoms with Crippen molar-refractivity contribution in [3.05, 3.63) is 0 Å². The van der Waals surface area contributed by atoms with E-state index in [2.05, 4.69) is 44.8 Å². The lowest BCUT2D eigenvalue weighted by Crippen LogP contribution is -2.37. The molecule has 0 aliphatic carbocycles. The van der Waals surface area contributed by atoms with Gasteiger partial charge in [0.25, 0.3) is 0 Å².